The number of aromatic nitrogens is 1. The zero-order chi connectivity index (χ0) is 19.4. The number of nitrogens with one attached hydrogen (secondary N) is 1. The van der Waals surface area contributed by atoms with Crippen LogP contribution in [-0.2, 0) is 21.4 Å². The van der Waals surface area contributed by atoms with Gasteiger partial charge in [-0.2, -0.15) is 4.31 Å². The second kappa shape index (κ2) is 8.81. The Bertz CT molecular complexity index is 878. The molecule has 1 fully saturated rings. The van der Waals surface area contributed by atoms with E-state index < -0.39 is 10.0 Å². The van der Waals surface area contributed by atoms with Gasteiger partial charge in [-0.05, 0) is 58.5 Å². The fourth-order valence-electron chi connectivity index (χ4n) is 3.25. The smallest absolute Gasteiger partial charge is 0.252 e. The summed E-state index contributed by atoms with van der Waals surface area (Å²) in [6, 6.07) is 7.14. The van der Waals surface area contributed by atoms with E-state index in [9.17, 15) is 13.2 Å². The van der Waals surface area contributed by atoms with Crippen LogP contribution in [0.2, 0.25) is 0 Å². The standard InChI is InChI=1S/C18H22BrN3O3S2/c1-13(18(23)21-12-14-3-2-8-20-11-14)15-6-9-22(10-7-15)27(24,25)17-5-4-16(19)26-17/h2-5,8,11,13,15H,6-7,9-10,12H2,1H3,(H,21,23). The molecule has 0 saturated carbocycles. The van der Waals surface area contributed by atoms with E-state index in [1.54, 1.807) is 24.5 Å². The van der Waals surface area contributed by atoms with Crippen LogP contribution in [0.1, 0.15) is 25.3 Å². The highest BCUT2D eigenvalue weighted by Gasteiger charge is 2.34. The molecule has 3 rings (SSSR count). The molecule has 1 saturated heterocycles. The number of amides is 1. The van der Waals surface area contributed by atoms with Crippen molar-refractivity contribution in [2.24, 2.45) is 11.8 Å². The summed E-state index contributed by atoms with van der Waals surface area (Å²) in [5, 5.41) is 2.95. The van der Waals surface area contributed by atoms with Gasteiger partial charge in [-0.3, -0.25) is 9.78 Å². The molecule has 2 aromatic rings. The Morgan fingerprint density at radius 1 is 1.37 bits per heavy atom. The Labute approximate surface area is 172 Å². The van der Waals surface area contributed by atoms with Gasteiger partial charge in [-0.1, -0.05) is 13.0 Å². The molecule has 1 unspecified atom stereocenters. The minimum Gasteiger partial charge on any atom is -0.352 e. The summed E-state index contributed by atoms with van der Waals surface area (Å²) in [7, 11) is -3.44. The van der Waals surface area contributed by atoms with Gasteiger partial charge in [0, 0.05) is 37.9 Å². The van der Waals surface area contributed by atoms with Crippen LogP contribution >= 0.6 is 27.3 Å². The summed E-state index contributed by atoms with van der Waals surface area (Å²) in [6.07, 6.45) is 4.81. The summed E-state index contributed by atoms with van der Waals surface area (Å²) in [4.78, 5) is 16.5. The number of rotatable bonds is 6. The van der Waals surface area contributed by atoms with Crippen molar-refractivity contribution in [2.45, 2.75) is 30.5 Å². The number of carbonyl (C=O) groups excluding carboxylic acids is 1. The highest BCUT2D eigenvalue weighted by Crippen LogP contribution is 2.32. The maximum Gasteiger partial charge on any atom is 0.252 e. The number of thiophene rings is 1. The van der Waals surface area contributed by atoms with Crippen molar-refractivity contribution in [1.82, 2.24) is 14.6 Å². The normalized spacial score (nSPS) is 17.6. The molecule has 1 amide bonds. The molecular weight excluding hydrogens is 450 g/mol. The molecule has 0 bridgehead atoms. The first-order chi connectivity index (χ1) is 12.9. The number of halogens is 1. The van der Waals surface area contributed by atoms with Crippen LogP contribution in [0.4, 0.5) is 0 Å². The lowest BCUT2D eigenvalue weighted by Crippen LogP contribution is -2.42. The second-order valence-electron chi connectivity index (χ2n) is 6.67. The van der Waals surface area contributed by atoms with Gasteiger partial charge in [-0.15, -0.1) is 11.3 Å². The number of hydrogen-bond acceptors (Lipinski definition) is 5. The molecule has 1 atom stereocenters. The number of sulfonamides is 1. The van der Waals surface area contributed by atoms with Gasteiger partial charge in [0.05, 0.1) is 3.79 Å². The SMILES string of the molecule is CC(C(=O)NCc1cccnc1)C1CCN(S(=O)(=O)c2ccc(Br)s2)CC1. The number of pyridine rings is 1. The highest BCUT2D eigenvalue weighted by atomic mass is 79.9. The summed E-state index contributed by atoms with van der Waals surface area (Å²) in [5.74, 6) is 0.0326. The first kappa shape index (κ1) is 20.4. The lowest BCUT2D eigenvalue weighted by molar-refractivity contribution is -0.126. The van der Waals surface area contributed by atoms with Crippen molar-refractivity contribution in [1.29, 1.82) is 0 Å². The Kier molecular flexibility index (Phi) is 6.67. The van der Waals surface area contributed by atoms with Gasteiger partial charge in [-0.25, -0.2) is 8.42 Å². The molecule has 1 N–H and O–H groups in total. The van der Waals surface area contributed by atoms with E-state index in [0.717, 1.165) is 9.35 Å². The van der Waals surface area contributed by atoms with Gasteiger partial charge in [0.25, 0.3) is 10.0 Å². The maximum absolute atomic E-state index is 12.7. The molecular formula is C18H22BrN3O3S2. The molecule has 6 nitrogen and oxygen atoms in total. The predicted octanol–water partition coefficient (Wildman–Crippen LogP) is 3.26. The van der Waals surface area contributed by atoms with E-state index in [0.29, 0.717) is 36.7 Å². The van der Waals surface area contributed by atoms with Crippen LogP contribution in [-0.4, -0.2) is 36.7 Å². The minimum absolute atomic E-state index is 0.00217. The summed E-state index contributed by atoms with van der Waals surface area (Å²) >= 11 is 4.53. The number of nitrogens with zero attached hydrogens (tertiary/aromatic N) is 2. The molecule has 27 heavy (non-hydrogen) atoms. The molecule has 0 aliphatic carbocycles. The Morgan fingerprint density at radius 2 is 2.11 bits per heavy atom. The van der Waals surface area contributed by atoms with E-state index in [1.807, 2.05) is 19.1 Å². The highest BCUT2D eigenvalue weighted by molar-refractivity contribution is 9.11. The topological polar surface area (TPSA) is 79.4 Å². The van der Waals surface area contributed by atoms with Crippen LogP contribution < -0.4 is 5.32 Å². The van der Waals surface area contributed by atoms with Crippen LogP contribution in [0.3, 0.4) is 0 Å². The Morgan fingerprint density at radius 3 is 2.70 bits per heavy atom. The maximum atomic E-state index is 12.7. The van der Waals surface area contributed by atoms with E-state index in [2.05, 4.69) is 26.2 Å². The second-order valence-corrected chi connectivity index (χ2v) is 11.3. The molecule has 2 aromatic heterocycles. The average molecular weight is 472 g/mol. The van der Waals surface area contributed by atoms with Crippen molar-refractivity contribution < 1.29 is 13.2 Å². The van der Waals surface area contributed by atoms with E-state index >= 15 is 0 Å². The number of piperidine rings is 1. The number of hydrogen-bond donors (Lipinski definition) is 1. The molecule has 0 spiro atoms. The van der Waals surface area contributed by atoms with E-state index in [1.165, 1.54) is 15.6 Å². The van der Waals surface area contributed by atoms with Crippen LogP contribution in [0.25, 0.3) is 0 Å². The van der Waals surface area contributed by atoms with E-state index in [4.69, 9.17) is 0 Å². The zero-order valence-electron chi connectivity index (χ0n) is 15.0. The van der Waals surface area contributed by atoms with Gasteiger partial charge >= 0.3 is 0 Å². The summed E-state index contributed by atoms with van der Waals surface area (Å²) < 4.78 is 28.1. The van der Waals surface area contributed by atoms with E-state index in [-0.39, 0.29) is 17.7 Å². The Balaban J connectivity index is 1.53. The van der Waals surface area contributed by atoms with Crippen molar-refractivity contribution in [3.63, 3.8) is 0 Å². The van der Waals surface area contributed by atoms with Gasteiger partial charge < -0.3 is 5.32 Å². The fraction of sp³-hybridized carbons (Fsp3) is 0.444. The molecule has 1 aliphatic heterocycles. The fourth-order valence-corrected chi connectivity index (χ4v) is 6.88. The Hall–Kier alpha value is -1.29. The van der Waals surface area contributed by atoms with Crippen molar-refractivity contribution >= 4 is 43.2 Å². The van der Waals surface area contributed by atoms with Crippen LogP contribution in [0, 0.1) is 11.8 Å². The third kappa shape index (κ3) is 4.96. The largest absolute Gasteiger partial charge is 0.352 e. The lowest BCUT2D eigenvalue weighted by atomic mass is 9.85. The minimum atomic E-state index is -3.44. The van der Waals surface area contributed by atoms with Crippen LogP contribution in [0.15, 0.2) is 44.7 Å². The number of carbonyl (C=O) groups is 1. The zero-order valence-corrected chi connectivity index (χ0v) is 18.2. The van der Waals surface area contributed by atoms with Crippen molar-refractivity contribution in [3.8, 4) is 0 Å². The average Bonchev–Trinajstić information content (AvgIpc) is 3.13. The molecule has 9 heteroatoms. The van der Waals surface area contributed by atoms with Crippen LogP contribution in [0.5, 0.6) is 0 Å². The van der Waals surface area contributed by atoms with Gasteiger partial charge in [0.15, 0.2) is 0 Å². The molecule has 146 valence electrons. The first-order valence-electron chi connectivity index (χ1n) is 8.80. The van der Waals surface area contributed by atoms with Gasteiger partial charge in [0.1, 0.15) is 4.21 Å². The quantitative estimate of drug-likeness (QED) is 0.700. The summed E-state index contributed by atoms with van der Waals surface area (Å²) in [5.41, 5.74) is 0.959. The van der Waals surface area contributed by atoms with Crippen molar-refractivity contribution in [2.75, 3.05) is 13.1 Å². The predicted molar refractivity (Wildman–Crippen MR) is 109 cm³/mol. The molecule has 3 heterocycles. The molecule has 0 aromatic carbocycles. The van der Waals surface area contributed by atoms with Crippen molar-refractivity contribution in [3.05, 3.63) is 46.0 Å². The molecule has 1 aliphatic rings. The summed E-state index contributed by atoms with van der Waals surface area (Å²) in [6.45, 7) is 3.27. The monoisotopic (exact) mass is 471 g/mol. The first-order valence-corrected chi connectivity index (χ1v) is 11.8. The third-order valence-electron chi connectivity index (χ3n) is 4.95. The van der Waals surface area contributed by atoms with Gasteiger partial charge in [0.2, 0.25) is 5.91 Å². The third-order valence-corrected chi connectivity index (χ3v) is 8.94. The lowest BCUT2D eigenvalue weighted by Gasteiger charge is -2.33. The molecule has 0 radical (unpaired) electrons.